The van der Waals surface area contributed by atoms with Crippen molar-refractivity contribution in [2.75, 3.05) is 0 Å². The van der Waals surface area contributed by atoms with Gasteiger partial charge in [-0.05, 0) is 45.2 Å². The topological polar surface area (TPSA) is 37.3 Å². The van der Waals surface area contributed by atoms with E-state index in [0.29, 0.717) is 12.2 Å². The van der Waals surface area contributed by atoms with Crippen LogP contribution in [0.15, 0.2) is 0 Å². The summed E-state index contributed by atoms with van der Waals surface area (Å²) in [6, 6.07) is 0. The lowest BCUT2D eigenvalue weighted by Crippen LogP contribution is -2.02. The van der Waals surface area contributed by atoms with Gasteiger partial charge >= 0.3 is 5.97 Å². The van der Waals surface area contributed by atoms with Crippen LogP contribution in [-0.4, -0.2) is 11.1 Å². The molecule has 0 aliphatic rings. The molecule has 1 aromatic carbocycles. The van der Waals surface area contributed by atoms with Crippen LogP contribution in [0.2, 0.25) is 15.1 Å². The summed E-state index contributed by atoms with van der Waals surface area (Å²) >= 11 is 21.3. The van der Waals surface area contributed by atoms with E-state index in [0.717, 1.165) is 0 Å². The Morgan fingerprint density at radius 3 is 1.64 bits per heavy atom. The fraction of sp³-hybridized carbons (Fsp3) is 0. The van der Waals surface area contributed by atoms with Crippen LogP contribution in [0.3, 0.4) is 0 Å². The average molecular weight is 477 g/mol. The smallest absolute Gasteiger partial charge is 0.338 e. The minimum Gasteiger partial charge on any atom is -0.478 e. The number of carboxylic acids is 1. The molecule has 0 radical (unpaired) electrons. The van der Waals surface area contributed by atoms with Gasteiger partial charge in [0.05, 0.1) is 27.8 Å². The van der Waals surface area contributed by atoms with Gasteiger partial charge in [-0.25, -0.2) is 4.79 Å². The second kappa shape index (κ2) is 4.90. The van der Waals surface area contributed by atoms with E-state index in [1.54, 1.807) is 0 Å². The molecular formula is C7HCl3I2O2. The summed E-state index contributed by atoms with van der Waals surface area (Å²) < 4.78 is 0.995. The lowest BCUT2D eigenvalue weighted by molar-refractivity contribution is 0.0697. The Morgan fingerprint density at radius 1 is 1.00 bits per heavy atom. The molecule has 76 valence electrons. The van der Waals surface area contributed by atoms with Crippen LogP contribution in [0.4, 0.5) is 0 Å². The molecule has 0 aliphatic carbocycles. The van der Waals surface area contributed by atoms with Gasteiger partial charge in [-0.1, -0.05) is 34.8 Å². The summed E-state index contributed by atoms with van der Waals surface area (Å²) in [4.78, 5) is 10.8. The van der Waals surface area contributed by atoms with E-state index >= 15 is 0 Å². The van der Waals surface area contributed by atoms with Gasteiger partial charge in [0.2, 0.25) is 0 Å². The van der Waals surface area contributed by atoms with Crippen molar-refractivity contribution in [3.63, 3.8) is 0 Å². The highest BCUT2D eigenvalue weighted by Crippen LogP contribution is 2.39. The molecule has 0 bridgehead atoms. The van der Waals surface area contributed by atoms with E-state index in [1.807, 2.05) is 45.2 Å². The summed E-state index contributed by atoms with van der Waals surface area (Å²) in [7, 11) is 0. The second-order valence-electron chi connectivity index (χ2n) is 2.25. The number of benzene rings is 1. The van der Waals surface area contributed by atoms with Crippen LogP contribution in [0.1, 0.15) is 10.4 Å². The lowest BCUT2D eigenvalue weighted by Gasteiger charge is -2.08. The van der Waals surface area contributed by atoms with Gasteiger partial charge in [0.25, 0.3) is 0 Å². The number of carbonyl (C=O) groups is 1. The number of carboxylic acid groups (broad SMARTS) is 1. The fourth-order valence-electron chi connectivity index (χ4n) is 0.793. The van der Waals surface area contributed by atoms with E-state index in [4.69, 9.17) is 39.9 Å². The van der Waals surface area contributed by atoms with Crippen LogP contribution < -0.4 is 0 Å². The Bertz CT molecular complexity index is 391. The summed E-state index contributed by atoms with van der Waals surface area (Å²) in [5.41, 5.74) is -0.105. The summed E-state index contributed by atoms with van der Waals surface area (Å²) in [5, 5.41) is 9.40. The van der Waals surface area contributed by atoms with E-state index in [2.05, 4.69) is 0 Å². The zero-order valence-corrected chi connectivity index (χ0v) is 12.8. The van der Waals surface area contributed by atoms with Crippen molar-refractivity contribution in [2.24, 2.45) is 0 Å². The molecule has 14 heavy (non-hydrogen) atoms. The summed E-state index contributed by atoms with van der Waals surface area (Å²) in [6.45, 7) is 0. The predicted octanol–water partition coefficient (Wildman–Crippen LogP) is 4.55. The molecule has 0 unspecified atom stereocenters. The third-order valence-corrected chi connectivity index (χ3v) is 5.99. The minimum absolute atomic E-state index is 0.0773. The standard InChI is InChI=1S/C7HCl3I2O2/c8-2-1(7(13)14)3(9)6(12)4(10)5(2)11/h(H,13,14). The van der Waals surface area contributed by atoms with E-state index in [-0.39, 0.29) is 15.6 Å². The molecule has 1 aromatic rings. The Kier molecular flexibility index (Phi) is 4.58. The molecule has 0 aromatic heterocycles. The average Bonchev–Trinajstić information content (AvgIpc) is 2.11. The predicted molar refractivity (Wildman–Crippen MR) is 73.9 cm³/mol. The highest BCUT2D eigenvalue weighted by molar-refractivity contribution is 14.1. The Morgan fingerprint density at radius 2 is 1.36 bits per heavy atom. The van der Waals surface area contributed by atoms with E-state index < -0.39 is 5.97 Å². The van der Waals surface area contributed by atoms with Crippen molar-refractivity contribution in [2.45, 2.75) is 0 Å². The first-order chi connectivity index (χ1) is 6.37. The molecule has 0 spiro atoms. The normalized spacial score (nSPS) is 10.4. The van der Waals surface area contributed by atoms with Crippen LogP contribution in [0, 0.1) is 7.14 Å². The van der Waals surface area contributed by atoms with Crippen molar-refractivity contribution in [3.8, 4) is 0 Å². The van der Waals surface area contributed by atoms with E-state index in [9.17, 15) is 4.79 Å². The van der Waals surface area contributed by atoms with Gasteiger partial charge in [-0.15, -0.1) is 0 Å². The number of aromatic carboxylic acids is 1. The highest BCUT2D eigenvalue weighted by Gasteiger charge is 2.22. The maximum Gasteiger partial charge on any atom is 0.338 e. The van der Waals surface area contributed by atoms with Gasteiger partial charge in [0.15, 0.2) is 0 Å². The van der Waals surface area contributed by atoms with Gasteiger partial charge in [-0.2, -0.15) is 0 Å². The maximum atomic E-state index is 10.8. The van der Waals surface area contributed by atoms with Crippen LogP contribution in [-0.2, 0) is 0 Å². The van der Waals surface area contributed by atoms with Gasteiger partial charge in [0.1, 0.15) is 0 Å². The van der Waals surface area contributed by atoms with Crippen LogP contribution in [0.5, 0.6) is 0 Å². The zero-order valence-electron chi connectivity index (χ0n) is 6.25. The molecule has 1 N–H and O–H groups in total. The van der Waals surface area contributed by atoms with Crippen LogP contribution >= 0.6 is 80.0 Å². The molecule has 7 heteroatoms. The van der Waals surface area contributed by atoms with Gasteiger partial charge in [-0.3, -0.25) is 0 Å². The van der Waals surface area contributed by atoms with Gasteiger partial charge in [0, 0.05) is 0 Å². The zero-order chi connectivity index (χ0) is 11.0. The van der Waals surface area contributed by atoms with Gasteiger partial charge < -0.3 is 5.11 Å². The lowest BCUT2D eigenvalue weighted by atomic mass is 10.2. The first kappa shape index (κ1) is 13.1. The third kappa shape index (κ3) is 2.23. The summed E-state index contributed by atoms with van der Waals surface area (Å²) in [6.07, 6.45) is 0. The molecule has 1 rings (SSSR count). The molecule has 2 nitrogen and oxygen atoms in total. The Balaban J connectivity index is 3.68. The monoisotopic (exact) mass is 476 g/mol. The first-order valence-electron chi connectivity index (χ1n) is 3.12. The molecule has 0 aliphatic heterocycles. The second-order valence-corrected chi connectivity index (χ2v) is 5.54. The first-order valence-corrected chi connectivity index (χ1v) is 6.41. The molecule has 0 fully saturated rings. The minimum atomic E-state index is -1.16. The number of hydrogen-bond acceptors (Lipinski definition) is 1. The van der Waals surface area contributed by atoms with Crippen molar-refractivity contribution in [1.29, 1.82) is 0 Å². The highest BCUT2D eigenvalue weighted by atomic mass is 127. The third-order valence-electron chi connectivity index (χ3n) is 1.42. The Labute approximate surface area is 122 Å². The number of hydrogen-bond donors (Lipinski definition) is 1. The quantitative estimate of drug-likeness (QED) is 0.366. The number of halogens is 5. The molecule has 0 heterocycles. The van der Waals surface area contributed by atoms with E-state index in [1.165, 1.54) is 0 Å². The molecule has 0 saturated heterocycles. The molecule has 0 atom stereocenters. The SMILES string of the molecule is O=C(O)c1c(Cl)c(I)c(Cl)c(I)c1Cl. The maximum absolute atomic E-state index is 10.8. The van der Waals surface area contributed by atoms with Crippen molar-refractivity contribution in [3.05, 3.63) is 27.8 Å². The van der Waals surface area contributed by atoms with Crippen molar-refractivity contribution in [1.82, 2.24) is 0 Å². The van der Waals surface area contributed by atoms with Crippen molar-refractivity contribution >= 4 is 86.0 Å². The molecular weight excluding hydrogens is 476 g/mol. The summed E-state index contributed by atoms with van der Waals surface area (Å²) in [5.74, 6) is -1.16. The largest absolute Gasteiger partial charge is 0.478 e. The van der Waals surface area contributed by atoms with Crippen molar-refractivity contribution < 1.29 is 9.90 Å². The molecule has 0 saturated carbocycles. The molecule has 0 amide bonds. The fourth-order valence-corrected chi connectivity index (χ4v) is 3.26. The van der Waals surface area contributed by atoms with Crippen LogP contribution in [0.25, 0.3) is 0 Å². The Hall–Kier alpha value is 1.02. The number of rotatable bonds is 1.